The summed E-state index contributed by atoms with van der Waals surface area (Å²) in [7, 11) is 2.17. The first-order valence-electron chi connectivity index (χ1n) is 14.2. The topological polar surface area (TPSA) is 106 Å². The molecule has 1 aromatic heterocycles. The van der Waals surface area contributed by atoms with Gasteiger partial charge in [-0.1, -0.05) is 0 Å². The maximum atomic E-state index is 13.7. The monoisotopic (exact) mass is 577 g/mol. The Kier molecular flexibility index (Phi) is 8.85. The van der Waals surface area contributed by atoms with Crippen LogP contribution in [0.25, 0.3) is 0 Å². The molecule has 2 aromatic rings. The van der Waals surface area contributed by atoms with Crippen LogP contribution in [0.2, 0.25) is 0 Å². The maximum Gasteiger partial charge on any atom is 0.421 e. The number of rotatable bonds is 9. The van der Waals surface area contributed by atoms with Gasteiger partial charge in [-0.25, -0.2) is 4.98 Å². The van der Waals surface area contributed by atoms with Crippen LogP contribution in [-0.2, 0) is 15.7 Å². The molecule has 5 rings (SSSR count). The molecule has 0 spiro atoms. The average Bonchev–Trinajstić information content (AvgIpc) is 3.09. The number of nitrogens with one attached hydrogen (secondary N) is 2. The molecule has 4 heterocycles. The number of aliphatic hydroxyl groups excluding tert-OH is 1. The van der Waals surface area contributed by atoms with Crippen molar-refractivity contribution >= 4 is 29.0 Å². The number of amides is 1. The normalized spacial score (nSPS) is 22.5. The number of carbonyl (C=O) groups is 1. The predicted octanol–water partition coefficient (Wildman–Crippen LogP) is 3.63. The zero-order valence-electron chi connectivity index (χ0n) is 23.5. The lowest BCUT2D eigenvalue weighted by molar-refractivity contribution is -0.137. The number of halogens is 3. The fourth-order valence-corrected chi connectivity index (χ4v) is 5.87. The smallest absolute Gasteiger partial charge is 0.389 e. The highest BCUT2D eigenvalue weighted by Crippen LogP contribution is 2.36. The zero-order chi connectivity index (χ0) is 29.1. The second-order valence-electron chi connectivity index (χ2n) is 11.0. The van der Waals surface area contributed by atoms with Gasteiger partial charge in [0, 0.05) is 67.9 Å². The zero-order valence-corrected chi connectivity index (χ0v) is 23.5. The number of nitrogens with zero attached hydrogens (tertiary/aromatic N) is 5. The van der Waals surface area contributed by atoms with Crippen molar-refractivity contribution in [3.05, 3.63) is 35.5 Å². The van der Waals surface area contributed by atoms with E-state index in [0.29, 0.717) is 62.5 Å². The largest absolute Gasteiger partial charge is 0.421 e. The van der Waals surface area contributed by atoms with Gasteiger partial charge in [-0.3, -0.25) is 9.69 Å². The summed E-state index contributed by atoms with van der Waals surface area (Å²) in [6.07, 6.45) is -1.62. The van der Waals surface area contributed by atoms with E-state index >= 15 is 0 Å². The van der Waals surface area contributed by atoms with Gasteiger partial charge in [-0.2, -0.15) is 18.2 Å². The molecule has 10 nitrogen and oxygen atoms in total. The summed E-state index contributed by atoms with van der Waals surface area (Å²) in [6.45, 7) is 5.37. The molecule has 3 aliphatic heterocycles. The van der Waals surface area contributed by atoms with Gasteiger partial charge >= 0.3 is 6.18 Å². The Morgan fingerprint density at radius 1 is 1.20 bits per heavy atom. The number of alkyl halides is 3. The van der Waals surface area contributed by atoms with E-state index < -0.39 is 17.8 Å². The Balaban J connectivity index is 1.29. The lowest BCUT2D eigenvalue weighted by Crippen LogP contribution is -2.52. The molecule has 3 atom stereocenters. The van der Waals surface area contributed by atoms with Crippen molar-refractivity contribution in [1.82, 2.24) is 19.8 Å². The van der Waals surface area contributed by atoms with Gasteiger partial charge in [0.15, 0.2) is 0 Å². The lowest BCUT2D eigenvalue weighted by atomic mass is 10.1. The van der Waals surface area contributed by atoms with Crippen molar-refractivity contribution in [3.63, 3.8) is 0 Å². The van der Waals surface area contributed by atoms with Crippen LogP contribution in [0.3, 0.4) is 0 Å². The fourth-order valence-electron chi connectivity index (χ4n) is 5.87. The van der Waals surface area contributed by atoms with E-state index in [2.05, 4.69) is 37.4 Å². The Labute approximate surface area is 237 Å². The van der Waals surface area contributed by atoms with Gasteiger partial charge in [-0.15, -0.1) is 0 Å². The number of hydrogen-bond donors (Lipinski definition) is 3. The number of carbonyl (C=O) groups excluding carboxylic acids is 1. The van der Waals surface area contributed by atoms with Crippen LogP contribution in [0.15, 0.2) is 24.4 Å². The van der Waals surface area contributed by atoms with Crippen LogP contribution < -0.4 is 15.5 Å². The van der Waals surface area contributed by atoms with Gasteiger partial charge in [-0.05, 0) is 51.4 Å². The fraction of sp³-hybridized carbons (Fsp3) is 0.607. The van der Waals surface area contributed by atoms with Crippen LogP contribution in [0.1, 0.15) is 49.8 Å². The van der Waals surface area contributed by atoms with Crippen molar-refractivity contribution in [3.8, 4) is 0 Å². The molecule has 1 aromatic carbocycles. The number of aromatic nitrogens is 2. The molecule has 0 saturated carbocycles. The number of fused-ring (bicyclic) bond motifs is 2. The summed E-state index contributed by atoms with van der Waals surface area (Å²) in [4.78, 5) is 26.7. The number of anilines is 4. The van der Waals surface area contributed by atoms with Crippen LogP contribution in [0.5, 0.6) is 0 Å². The van der Waals surface area contributed by atoms with Gasteiger partial charge in [0.1, 0.15) is 11.4 Å². The third-order valence-electron chi connectivity index (χ3n) is 8.25. The second-order valence-corrected chi connectivity index (χ2v) is 11.0. The molecule has 41 heavy (non-hydrogen) atoms. The molecular weight excluding hydrogens is 539 g/mol. The second kappa shape index (κ2) is 12.4. The Morgan fingerprint density at radius 3 is 2.66 bits per heavy atom. The minimum absolute atomic E-state index is 0.0207. The van der Waals surface area contributed by atoms with Crippen molar-refractivity contribution in [2.75, 3.05) is 68.5 Å². The Bertz CT molecular complexity index is 1210. The van der Waals surface area contributed by atoms with Crippen molar-refractivity contribution in [2.24, 2.45) is 0 Å². The number of likely N-dealkylation sites (N-methyl/N-ethyl adjacent to an activating group) is 1. The van der Waals surface area contributed by atoms with Crippen molar-refractivity contribution in [1.29, 1.82) is 0 Å². The van der Waals surface area contributed by atoms with Crippen LogP contribution in [-0.4, -0.2) is 95.9 Å². The summed E-state index contributed by atoms with van der Waals surface area (Å²) in [5, 5.41) is 16.3. The van der Waals surface area contributed by atoms with E-state index in [9.17, 15) is 23.1 Å². The molecule has 2 bridgehead atoms. The van der Waals surface area contributed by atoms with Gasteiger partial charge < -0.3 is 30.3 Å². The maximum absolute atomic E-state index is 13.7. The van der Waals surface area contributed by atoms with E-state index in [1.807, 2.05) is 18.2 Å². The van der Waals surface area contributed by atoms with E-state index in [-0.39, 0.29) is 24.2 Å². The van der Waals surface area contributed by atoms with Crippen molar-refractivity contribution < 1.29 is 27.8 Å². The van der Waals surface area contributed by atoms with Crippen LogP contribution in [0.4, 0.5) is 36.3 Å². The Hall–Kier alpha value is -3.16. The molecule has 1 amide bonds. The summed E-state index contributed by atoms with van der Waals surface area (Å²) in [6, 6.07) is 6.71. The first kappa shape index (κ1) is 29.3. The SMILES string of the molecule is CC(O)c1cc(N2C[C@H]3CC[C@@H](C2)N3C)ccc1Nc1ncc(C(F)(F)F)c(NCCCN2CCOCCC2=O)n1. The minimum atomic E-state index is -4.65. The first-order valence-corrected chi connectivity index (χ1v) is 14.2. The number of hydrogen-bond acceptors (Lipinski definition) is 9. The number of benzene rings is 1. The van der Waals surface area contributed by atoms with Crippen LogP contribution in [0, 0.1) is 0 Å². The average molecular weight is 578 g/mol. The summed E-state index contributed by atoms with van der Waals surface area (Å²) >= 11 is 0. The number of ether oxygens (including phenoxy) is 1. The molecule has 13 heteroatoms. The summed E-state index contributed by atoms with van der Waals surface area (Å²) in [5.74, 6) is -0.386. The quantitative estimate of drug-likeness (QED) is 0.386. The van der Waals surface area contributed by atoms with Gasteiger partial charge in [0.25, 0.3) is 0 Å². The third-order valence-corrected chi connectivity index (χ3v) is 8.25. The molecule has 1 unspecified atom stereocenters. The summed E-state index contributed by atoms with van der Waals surface area (Å²) in [5.41, 5.74) is 1.16. The molecule has 3 N–H and O–H groups in total. The van der Waals surface area contributed by atoms with E-state index in [1.165, 1.54) is 12.8 Å². The molecule has 3 aliphatic rings. The number of piperazine rings is 1. The van der Waals surface area contributed by atoms with Crippen molar-refractivity contribution in [2.45, 2.75) is 57.0 Å². The summed E-state index contributed by atoms with van der Waals surface area (Å²) < 4.78 is 46.5. The Morgan fingerprint density at radius 2 is 1.95 bits per heavy atom. The van der Waals surface area contributed by atoms with E-state index in [4.69, 9.17) is 4.74 Å². The highest BCUT2D eigenvalue weighted by molar-refractivity contribution is 5.76. The van der Waals surface area contributed by atoms with Crippen LogP contribution >= 0.6 is 0 Å². The molecule has 3 fully saturated rings. The third kappa shape index (κ3) is 6.84. The van der Waals surface area contributed by atoms with E-state index in [1.54, 1.807) is 11.8 Å². The molecule has 0 aliphatic carbocycles. The molecule has 224 valence electrons. The highest BCUT2D eigenvalue weighted by atomic mass is 19.4. The standard InChI is InChI=1S/C28H38F3N7O3/c1-18(39)22-14-19(38-16-20-4-5-21(17-38)36(20)2)6-7-24(22)34-27-33-15-23(28(29,30)31)26(35-27)32-9-3-10-37-11-13-41-12-8-25(37)40/h6-7,14-15,18,20-21,39H,3-5,8-13,16-17H2,1-2H3,(H2,32,33,34,35)/t18?,20-,21+. The predicted molar refractivity (Wildman–Crippen MR) is 149 cm³/mol. The lowest BCUT2D eigenvalue weighted by Gasteiger charge is -2.40. The van der Waals surface area contributed by atoms with Gasteiger partial charge in [0.05, 0.1) is 25.7 Å². The number of aliphatic hydroxyl groups is 1. The van der Waals surface area contributed by atoms with Gasteiger partial charge in [0.2, 0.25) is 11.9 Å². The highest BCUT2D eigenvalue weighted by Gasteiger charge is 2.38. The minimum Gasteiger partial charge on any atom is -0.389 e. The molecular formula is C28H38F3N7O3. The molecule has 0 radical (unpaired) electrons. The molecule has 3 saturated heterocycles. The first-order chi connectivity index (χ1) is 19.6. The van der Waals surface area contributed by atoms with E-state index in [0.717, 1.165) is 25.0 Å².